The Kier molecular flexibility index (Phi) is 7.54. The first kappa shape index (κ1) is 28.0. The molecule has 6 rings (SSSR count). The lowest BCUT2D eigenvalue weighted by Crippen LogP contribution is -2.28. The van der Waals surface area contributed by atoms with Crippen molar-refractivity contribution < 1.29 is 13.5 Å². The summed E-state index contributed by atoms with van der Waals surface area (Å²) in [6.45, 7) is 1.08. The molecule has 0 unspecified atom stereocenters. The van der Waals surface area contributed by atoms with Crippen molar-refractivity contribution >= 4 is 46.8 Å². The van der Waals surface area contributed by atoms with Crippen LogP contribution in [0.25, 0.3) is 11.2 Å². The highest BCUT2D eigenvalue weighted by molar-refractivity contribution is 6.36. The molecule has 11 nitrogen and oxygen atoms in total. The van der Waals surface area contributed by atoms with E-state index in [1.165, 1.54) is 12.4 Å². The van der Waals surface area contributed by atoms with Gasteiger partial charge in [-0.3, -0.25) is 14.7 Å². The summed E-state index contributed by atoms with van der Waals surface area (Å²) in [6, 6.07) is 1.86. The molecular formula is C28H30ClF2N9O2. The van der Waals surface area contributed by atoms with E-state index < -0.39 is 5.92 Å². The van der Waals surface area contributed by atoms with E-state index in [1.807, 2.05) is 12.3 Å². The number of allylic oxidation sites excluding steroid dienone is 2. The number of ether oxygens (including phenoxy) is 1. The van der Waals surface area contributed by atoms with E-state index in [2.05, 4.69) is 25.6 Å². The molecule has 0 amide bonds. The molecule has 3 aromatic heterocycles. The Balaban J connectivity index is 1.25. The molecule has 0 radical (unpaired) electrons. The maximum atomic E-state index is 13.6. The number of aryl methyl sites for hydroxylation is 2. The van der Waals surface area contributed by atoms with Crippen molar-refractivity contribution in [3.63, 3.8) is 0 Å². The number of halogens is 3. The summed E-state index contributed by atoms with van der Waals surface area (Å²) >= 11 is 6.73. The van der Waals surface area contributed by atoms with Gasteiger partial charge in [0.25, 0.3) is 11.5 Å². The molecule has 5 heterocycles. The summed E-state index contributed by atoms with van der Waals surface area (Å²) in [5.41, 5.74) is 2.52. The molecule has 0 bridgehead atoms. The van der Waals surface area contributed by atoms with Crippen LogP contribution in [-0.2, 0) is 13.6 Å². The summed E-state index contributed by atoms with van der Waals surface area (Å²) in [7, 11) is 1.75. The number of likely N-dealkylation sites (tertiary alicyclic amines) is 1. The average Bonchev–Trinajstić information content (AvgIpc) is 3.70. The summed E-state index contributed by atoms with van der Waals surface area (Å²) < 4.78 is 36.4. The largest absolute Gasteiger partial charge is 0.450 e. The minimum Gasteiger partial charge on any atom is -0.450 e. The van der Waals surface area contributed by atoms with Crippen LogP contribution in [0.5, 0.6) is 5.75 Å². The van der Waals surface area contributed by atoms with Gasteiger partial charge in [-0.2, -0.15) is 4.98 Å². The topological polar surface area (TPSA) is 125 Å². The number of alkyl halides is 2. The molecule has 0 atom stereocenters. The fourth-order valence-corrected chi connectivity index (χ4v) is 5.47. The summed E-state index contributed by atoms with van der Waals surface area (Å²) in [5.74, 6) is -1.45. The smallest absolute Gasteiger partial charge is 0.274 e. The van der Waals surface area contributed by atoms with Crippen LogP contribution >= 0.6 is 11.6 Å². The number of hydrogen-bond donors (Lipinski definition) is 3. The molecule has 2 fully saturated rings. The van der Waals surface area contributed by atoms with Crippen LogP contribution in [0.2, 0.25) is 5.02 Å². The second-order valence-corrected chi connectivity index (χ2v) is 11.1. The van der Waals surface area contributed by atoms with Gasteiger partial charge in [-0.15, -0.1) is 0 Å². The van der Waals surface area contributed by atoms with Crippen molar-refractivity contribution in [3.05, 3.63) is 63.3 Å². The van der Waals surface area contributed by atoms with Crippen LogP contribution in [0.3, 0.4) is 0 Å². The molecule has 1 saturated heterocycles. The van der Waals surface area contributed by atoms with Gasteiger partial charge in [0.2, 0.25) is 5.95 Å². The van der Waals surface area contributed by atoms with Crippen LogP contribution in [0.1, 0.15) is 37.2 Å². The van der Waals surface area contributed by atoms with Gasteiger partial charge in [-0.25, -0.2) is 13.8 Å². The van der Waals surface area contributed by atoms with Crippen molar-refractivity contribution in [2.45, 2.75) is 44.1 Å². The van der Waals surface area contributed by atoms with Crippen molar-refractivity contribution in [2.75, 3.05) is 25.0 Å². The number of aliphatic imine (C=N–C) groups is 1. The highest BCUT2D eigenvalue weighted by atomic mass is 35.5. The van der Waals surface area contributed by atoms with E-state index >= 15 is 0 Å². The summed E-state index contributed by atoms with van der Waals surface area (Å²) in [6.07, 6.45) is 11.7. The van der Waals surface area contributed by atoms with Crippen LogP contribution in [0.4, 0.5) is 20.4 Å². The second-order valence-electron chi connectivity index (χ2n) is 10.7. The minimum atomic E-state index is -2.63. The number of hydrogen-bond acceptors (Lipinski definition) is 9. The lowest BCUT2D eigenvalue weighted by Gasteiger charge is -2.17. The zero-order valence-electron chi connectivity index (χ0n) is 22.9. The maximum absolute atomic E-state index is 13.6. The number of aromatic nitrogens is 4. The predicted octanol–water partition coefficient (Wildman–Crippen LogP) is 4.52. The molecule has 0 aromatic carbocycles. The van der Waals surface area contributed by atoms with Gasteiger partial charge in [0.05, 0.1) is 25.2 Å². The van der Waals surface area contributed by atoms with Crippen LogP contribution in [0.15, 0.2) is 52.1 Å². The van der Waals surface area contributed by atoms with Crippen LogP contribution < -0.4 is 20.9 Å². The zero-order valence-corrected chi connectivity index (χ0v) is 23.7. The second kappa shape index (κ2) is 11.3. The minimum absolute atomic E-state index is 0.117. The van der Waals surface area contributed by atoms with E-state index in [0.29, 0.717) is 60.5 Å². The Bertz CT molecular complexity index is 1690. The van der Waals surface area contributed by atoms with E-state index in [0.717, 1.165) is 24.6 Å². The fourth-order valence-electron chi connectivity index (χ4n) is 5.17. The molecular weight excluding hydrogens is 568 g/mol. The Labute approximate surface area is 245 Å². The SMILES string of the molecule is Cn1c(Nc2cc(C3CC3)cn(CCCN3CCC(F)(F)C3)c2=O)nc2ncc(O/C(C=N)=C3\C=NC=CN3)c(Cl)c21. The number of imidazole rings is 1. The summed E-state index contributed by atoms with van der Waals surface area (Å²) in [4.78, 5) is 28.2. The maximum Gasteiger partial charge on any atom is 0.274 e. The number of rotatable bonds is 10. The van der Waals surface area contributed by atoms with Gasteiger partial charge < -0.3 is 29.9 Å². The van der Waals surface area contributed by atoms with Crippen molar-refractivity contribution in [2.24, 2.45) is 12.0 Å². The van der Waals surface area contributed by atoms with E-state index in [-0.39, 0.29) is 35.1 Å². The Morgan fingerprint density at radius 2 is 2.19 bits per heavy atom. The monoisotopic (exact) mass is 597 g/mol. The van der Waals surface area contributed by atoms with Crippen molar-refractivity contribution in [1.29, 1.82) is 5.41 Å². The number of anilines is 2. The first-order chi connectivity index (χ1) is 20.2. The van der Waals surface area contributed by atoms with E-state index in [1.54, 1.807) is 33.5 Å². The van der Waals surface area contributed by atoms with Gasteiger partial charge in [0.1, 0.15) is 21.9 Å². The third kappa shape index (κ3) is 5.79. The lowest BCUT2D eigenvalue weighted by molar-refractivity contribution is 0.0121. The molecule has 1 saturated carbocycles. The average molecular weight is 598 g/mol. The standard InChI is InChI=1S/C28H30ClF2N9O2/c1-38-24-23(29)22(42-21(12-32)20-13-33-6-7-34-20)14-35-25(24)37-27(38)36-19-11-18(17-3-4-17)15-40(26(19)41)9-2-8-39-10-5-28(30,31)16-39/h6-7,11-15,17,32,34H,2-5,8-10,16H2,1H3,(H,35,36,37)/b21-20+,32-12?. The van der Waals surface area contributed by atoms with Gasteiger partial charge in [-0.1, -0.05) is 11.6 Å². The molecule has 42 heavy (non-hydrogen) atoms. The van der Waals surface area contributed by atoms with Crippen LogP contribution in [0, 0.1) is 5.41 Å². The molecule has 14 heteroatoms. The highest BCUT2D eigenvalue weighted by Gasteiger charge is 2.37. The van der Waals surface area contributed by atoms with E-state index in [4.69, 9.17) is 21.7 Å². The third-order valence-corrected chi connectivity index (χ3v) is 7.91. The Morgan fingerprint density at radius 1 is 1.36 bits per heavy atom. The van der Waals surface area contributed by atoms with Crippen molar-refractivity contribution in [3.8, 4) is 5.75 Å². The molecule has 3 N–H and O–H groups in total. The Hall–Kier alpha value is -4.10. The number of pyridine rings is 2. The number of nitrogens with one attached hydrogen (secondary N) is 3. The highest BCUT2D eigenvalue weighted by Crippen LogP contribution is 2.40. The quantitative estimate of drug-likeness (QED) is 0.232. The molecule has 3 aliphatic rings. The Morgan fingerprint density at radius 3 is 2.88 bits per heavy atom. The summed E-state index contributed by atoms with van der Waals surface area (Å²) in [5, 5.41) is 14.1. The lowest BCUT2D eigenvalue weighted by atomic mass is 10.1. The fraction of sp³-hybridized carbons (Fsp3) is 0.393. The van der Waals surface area contributed by atoms with Crippen LogP contribution in [-0.4, -0.2) is 62.0 Å². The molecule has 1 aliphatic carbocycles. The first-order valence-corrected chi connectivity index (χ1v) is 14.1. The zero-order chi connectivity index (χ0) is 29.4. The first-order valence-electron chi connectivity index (χ1n) is 13.7. The normalized spacial score (nSPS) is 19.2. The molecule has 2 aliphatic heterocycles. The molecule has 3 aromatic rings. The predicted molar refractivity (Wildman–Crippen MR) is 157 cm³/mol. The van der Waals surface area contributed by atoms with E-state index in [9.17, 15) is 13.6 Å². The van der Waals surface area contributed by atoms with Gasteiger partial charge in [-0.05, 0) is 36.8 Å². The van der Waals surface area contributed by atoms with Gasteiger partial charge in [0, 0.05) is 51.7 Å². The molecule has 0 spiro atoms. The number of fused-ring (bicyclic) bond motifs is 1. The molecule has 220 valence electrons. The van der Waals surface area contributed by atoms with Crippen molar-refractivity contribution in [1.82, 2.24) is 29.3 Å². The number of nitrogens with zero attached hydrogens (tertiary/aromatic N) is 6. The third-order valence-electron chi connectivity index (χ3n) is 7.55. The van der Waals surface area contributed by atoms with Gasteiger partial charge in [0.15, 0.2) is 17.2 Å². The van der Waals surface area contributed by atoms with Gasteiger partial charge >= 0.3 is 0 Å².